The van der Waals surface area contributed by atoms with Crippen molar-refractivity contribution in [1.29, 1.82) is 0 Å². The van der Waals surface area contributed by atoms with Crippen molar-refractivity contribution in [3.63, 3.8) is 0 Å². The van der Waals surface area contributed by atoms with Crippen LogP contribution in [0.1, 0.15) is 19.8 Å². The lowest BCUT2D eigenvalue weighted by atomic mass is 10.1. The number of amides is 1. The number of rotatable bonds is 3. The number of nitrogens with zero attached hydrogens (tertiary/aromatic N) is 1. The highest BCUT2D eigenvalue weighted by Gasteiger charge is 2.21. The third-order valence-corrected chi connectivity index (χ3v) is 2.27. The Morgan fingerprint density at radius 1 is 1.57 bits per heavy atom. The van der Waals surface area contributed by atoms with Gasteiger partial charge in [0.05, 0.1) is 6.54 Å². The average Bonchev–Trinajstić information content (AvgIpc) is 2.01. The van der Waals surface area contributed by atoms with E-state index < -0.39 is 5.97 Å². The maximum absolute atomic E-state index is 10.8. The van der Waals surface area contributed by atoms with Crippen LogP contribution in [-0.4, -0.2) is 47.6 Å². The Labute approximate surface area is 83.1 Å². The topological polar surface area (TPSA) is 69.6 Å². The van der Waals surface area contributed by atoms with Crippen LogP contribution < -0.4 is 5.32 Å². The Morgan fingerprint density at radius 2 is 2.29 bits per heavy atom. The number of piperidine rings is 1. The molecule has 14 heavy (non-hydrogen) atoms. The molecule has 1 fully saturated rings. The third kappa shape index (κ3) is 3.74. The fraction of sp³-hybridized carbons (Fsp3) is 0.778. The molecule has 1 rings (SSSR count). The second-order valence-electron chi connectivity index (χ2n) is 3.67. The Hall–Kier alpha value is -1.10. The molecule has 5 heteroatoms. The number of nitrogens with one attached hydrogen (secondary N) is 1. The summed E-state index contributed by atoms with van der Waals surface area (Å²) in [5.74, 6) is -0.861. The number of hydrogen-bond acceptors (Lipinski definition) is 3. The summed E-state index contributed by atoms with van der Waals surface area (Å²) in [5.41, 5.74) is 0. The molecule has 0 aliphatic carbocycles. The summed E-state index contributed by atoms with van der Waals surface area (Å²) in [6.45, 7) is 3.00. The Kier molecular flexibility index (Phi) is 3.88. The summed E-state index contributed by atoms with van der Waals surface area (Å²) in [7, 11) is 0. The predicted octanol–water partition coefficient (Wildman–Crippen LogP) is -0.328. The van der Waals surface area contributed by atoms with Gasteiger partial charge in [0.25, 0.3) is 0 Å². The summed E-state index contributed by atoms with van der Waals surface area (Å²) < 4.78 is 0. The predicted molar refractivity (Wildman–Crippen MR) is 50.9 cm³/mol. The number of carbonyl (C=O) groups is 2. The fourth-order valence-electron chi connectivity index (χ4n) is 1.80. The molecule has 1 saturated heterocycles. The highest BCUT2D eigenvalue weighted by atomic mass is 16.4. The Balaban J connectivity index is 2.35. The molecular formula is C9H16N2O3. The summed E-state index contributed by atoms with van der Waals surface area (Å²) in [5, 5.41) is 11.4. The van der Waals surface area contributed by atoms with Gasteiger partial charge in [-0.2, -0.15) is 0 Å². The summed E-state index contributed by atoms with van der Waals surface area (Å²) in [6, 6.07) is 0.112. The monoisotopic (exact) mass is 200 g/mol. The van der Waals surface area contributed by atoms with Crippen molar-refractivity contribution in [3.8, 4) is 0 Å². The van der Waals surface area contributed by atoms with Gasteiger partial charge in [-0.1, -0.05) is 0 Å². The van der Waals surface area contributed by atoms with E-state index in [1.54, 1.807) is 0 Å². The maximum Gasteiger partial charge on any atom is 0.317 e. The molecule has 5 nitrogen and oxygen atoms in total. The number of aliphatic carboxylic acids is 1. The molecule has 1 aliphatic heterocycles. The molecule has 0 spiro atoms. The first-order chi connectivity index (χ1) is 6.58. The van der Waals surface area contributed by atoms with Crippen molar-refractivity contribution >= 4 is 11.9 Å². The van der Waals surface area contributed by atoms with Gasteiger partial charge in [-0.25, -0.2) is 0 Å². The molecule has 2 N–H and O–H groups in total. The van der Waals surface area contributed by atoms with Gasteiger partial charge in [0.2, 0.25) is 5.91 Å². The Morgan fingerprint density at radius 3 is 2.86 bits per heavy atom. The van der Waals surface area contributed by atoms with E-state index in [1.165, 1.54) is 6.92 Å². The van der Waals surface area contributed by atoms with E-state index in [-0.39, 0.29) is 18.5 Å². The maximum atomic E-state index is 10.8. The van der Waals surface area contributed by atoms with E-state index in [2.05, 4.69) is 5.32 Å². The van der Waals surface area contributed by atoms with Gasteiger partial charge >= 0.3 is 5.97 Å². The van der Waals surface area contributed by atoms with Crippen molar-refractivity contribution < 1.29 is 14.7 Å². The highest BCUT2D eigenvalue weighted by Crippen LogP contribution is 2.09. The Bertz CT molecular complexity index is 208. The van der Waals surface area contributed by atoms with E-state index in [9.17, 15) is 9.59 Å². The number of carboxylic acid groups (broad SMARTS) is 1. The SMILES string of the molecule is CC(=O)NC1CCCN(CC(=O)O)C1. The minimum Gasteiger partial charge on any atom is -0.480 e. The van der Waals surface area contributed by atoms with Gasteiger partial charge in [-0.15, -0.1) is 0 Å². The van der Waals surface area contributed by atoms with E-state index in [1.807, 2.05) is 4.90 Å². The highest BCUT2D eigenvalue weighted by molar-refractivity contribution is 5.73. The molecule has 0 saturated carbocycles. The molecule has 0 aromatic heterocycles. The minimum absolute atomic E-state index is 0.0489. The summed E-state index contributed by atoms with van der Waals surface area (Å²) in [4.78, 5) is 23.1. The van der Waals surface area contributed by atoms with Crippen LogP contribution in [0.5, 0.6) is 0 Å². The van der Waals surface area contributed by atoms with Crippen LogP contribution in [0.15, 0.2) is 0 Å². The van der Waals surface area contributed by atoms with Crippen LogP contribution in [0.3, 0.4) is 0 Å². The van der Waals surface area contributed by atoms with Crippen LogP contribution in [0.2, 0.25) is 0 Å². The van der Waals surface area contributed by atoms with Crippen molar-refractivity contribution in [1.82, 2.24) is 10.2 Å². The van der Waals surface area contributed by atoms with Gasteiger partial charge in [0.1, 0.15) is 0 Å². The first-order valence-electron chi connectivity index (χ1n) is 4.79. The third-order valence-electron chi connectivity index (χ3n) is 2.27. The zero-order chi connectivity index (χ0) is 10.6. The average molecular weight is 200 g/mol. The number of carboxylic acids is 1. The van der Waals surface area contributed by atoms with Gasteiger partial charge in [0, 0.05) is 19.5 Å². The second-order valence-corrected chi connectivity index (χ2v) is 3.67. The van der Waals surface area contributed by atoms with Gasteiger partial charge < -0.3 is 10.4 Å². The molecule has 1 unspecified atom stereocenters. The minimum atomic E-state index is -0.812. The number of likely N-dealkylation sites (tertiary alicyclic amines) is 1. The molecule has 80 valence electrons. The zero-order valence-electron chi connectivity index (χ0n) is 8.32. The normalized spacial score (nSPS) is 23.1. The molecule has 0 aromatic rings. The fourth-order valence-corrected chi connectivity index (χ4v) is 1.80. The number of carbonyl (C=O) groups excluding carboxylic acids is 1. The summed E-state index contributed by atoms with van der Waals surface area (Å²) >= 11 is 0. The lowest BCUT2D eigenvalue weighted by Gasteiger charge is -2.31. The lowest BCUT2D eigenvalue weighted by molar-refractivity contribution is -0.138. The van der Waals surface area contributed by atoms with Crippen LogP contribution >= 0.6 is 0 Å². The van der Waals surface area contributed by atoms with Gasteiger partial charge in [-0.3, -0.25) is 14.5 Å². The molecule has 1 heterocycles. The largest absolute Gasteiger partial charge is 0.480 e. The van der Waals surface area contributed by atoms with Crippen LogP contribution in [-0.2, 0) is 9.59 Å². The van der Waals surface area contributed by atoms with E-state index in [4.69, 9.17) is 5.11 Å². The quantitative estimate of drug-likeness (QED) is 0.654. The van der Waals surface area contributed by atoms with Crippen LogP contribution in [0.4, 0.5) is 0 Å². The van der Waals surface area contributed by atoms with Crippen LogP contribution in [0, 0.1) is 0 Å². The number of hydrogen-bond donors (Lipinski definition) is 2. The van der Waals surface area contributed by atoms with E-state index in [0.29, 0.717) is 6.54 Å². The molecule has 1 aliphatic rings. The summed E-state index contributed by atoms with van der Waals surface area (Å²) in [6.07, 6.45) is 1.88. The lowest BCUT2D eigenvalue weighted by Crippen LogP contribution is -2.48. The molecular weight excluding hydrogens is 184 g/mol. The van der Waals surface area contributed by atoms with Crippen molar-refractivity contribution in [2.75, 3.05) is 19.6 Å². The standard InChI is InChI=1S/C9H16N2O3/c1-7(12)10-8-3-2-4-11(5-8)6-9(13)14/h8H,2-6H2,1H3,(H,10,12)(H,13,14). The smallest absolute Gasteiger partial charge is 0.317 e. The molecule has 0 aromatic carbocycles. The molecule has 1 atom stereocenters. The van der Waals surface area contributed by atoms with Crippen molar-refractivity contribution in [2.24, 2.45) is 0 Å². The van der Waals surface area contributed by atoms with Crippen molar-refractivity contribution in [2.45, 2.75) is 25.8 Å². The van der Waals surface area contributed by atoms with Crippen molar-refractivity contribution in [3.05, 3.63) is 0 Å². The van der Waals surface area contributed by atoms with Crippen LogP contribution in [0.25, 0.3) is 0 Å². The zero-order valence-corrected chi connectivity index (χ0v) is 8.32. The molecule has 0 bridgehead atoms. The van der Waals surface area contributed by atoms with Gasteiger partial charge in [-0.05, 0) is 19.4 Å². The van der Waals surface area contributed by atoms with E-state index in [0.717, 1.165) is 19.4 Å². The second kappa shape index (κ2) is 4.95. The molecule has 1 amide bonds. The molecule has 0 radical (unpaired) electrons. The first kappa shape index (κ1) is 11.0. The first-order valence-corrected chi connectivity index (χ1v) is 4.79. The van der Waals surface area contributed by atoms with E-state index >= 15 is 0 Å². The van der Waals surface area contributed by atoms with Gasteiger partial charge in [0.15, 0.2) is 0 Å².